The van der Waals surface area contributed by atoms with Crippen LogP contribution in [0, 0.1) is 0 Å². The molecule has 0 aromatic heterocycles. The summed E-state index contributed by atoms with van der Waals surface area (Å²) < 4.78 is 0. The predicted molar refractivity (Wildman–Crippen MR) is 34.0 cm³/mol. The summed E-state index contributed by atoms with van der Waals surface area (Å²) in [5, 5.41) is 0. The molecule has 0 aliphatic rings. The van der Waals surface area contributed by atoms with Crippen LogP contribution < -0.4 is 0 Å². The van der Waals surface area contributed by atoms with Crippen LogP contribution in [0.1, 0.15) is 0 Å². The first-order valence-corrected chi connectivity index (χ1v) is 4.48. The summed E-state index contributed by atoms with van der Waals surface area (Å²) in [6.45, 7) is 2.01. The number of rotatable bonds is 0. The molecule has 0 bridgehead atoms. The number of hydrogen-bond acceptors (Lipinski definition) is 3. The molecule has 0 aromatic carbocycles. The monoisotopic (exact) mass is 154 g/mol. The van der Waals surface area contributed by atoms with Crippen molar-refractivity contribution in [1.82, 2.24) is 0 Å². The van der Waals surface area contributed by atoms with E-state index in [1.54, 1.807) is 0 Å². The zero-order chi connectivity index (χ0) is 5.45. The Labute approximate surface area is 72.5 Å². The van der Waals surface area contributed by atoms with E-state index in [1.807, 2.05) is 0 Å². The second kappa shape index (κ2) is 2.44. The zero-order valence-electron chi connectivity index (χ0n) is 3.79. The summed E-state index contributed by atoms with van der Waals surface area (Å²) in [6, 6.07) is 0. The van der Waals surface area contributed by atoms with E-state index in [4.69, 9.17) is 14.7 Å². The molecule has 0 saturated heterocycles. The van der Waals surface area contributed by atoms with Gasteiger partial charge in [-0.15, -0.1) is 0 Å². The zero-order valence-corrected chi connectivity index (χ0v) is 4.68. The molecule has 0 aliphatic heterocycles. The van der Waals surface area contributed by atoms with E-state index in [-0.39, 0.29) is 37.7 Å². The van der Waals surface area contributed by atoms with Crippen LogP contribution in [-0.4, -0.2) is 65.7 Å². The SMILES string of the molecule is CP(C)(O)(O)O.[CaH2]. The van der Waals surface area contributed by atoms with Gasteiger partial charge >= 0.3 is 73.0 Å². The van der Waals surface area contributed by atoms with Crippen molar-refractivity contribution in [3.63, 3.8) is 0 Å². The molecule has 3 N–H and O–H groups in total. The fourth-order valence-electron chi connectivity index (χ4n) is 0. The van der Waals surface area contributed by atoms with Gasteiger partial charge in [0.05, 0.1) is 0 Å². The Bertz CT molecular complexity index is 46.1. The Hall–Kier alpha value is 1.57. The van der Waals surface area contributed by atoms with Gasteiger partial charge in [-0.3, -0.25) is 0 Å². The van der Waals surface area contributed by atoms with Crippen LogP contribution in [0.4, 0.5) is 0 Å². The van der Waals surface area contributed by atoms with Gasteiger partial charge in [0.1, 0.15) is 0 Å². The first-order chi connectivity index (χ1) is 2.24. The molecule has 0 radical (unpaired) electrons. The summed E-state index contributed by atoms with van der Waals surface area (Å²) in [4.78, 5) is 24.7. The van der Waals surface area contributed by atoms with Gasteiger partial charge in [-0.1, -0.05) is 0 Å². The van der Waals surface area contributed by atoms with Crippen LogP contribution in [0.25, 0.3) is 0 Å². The Kier molecular flexibility index (Phi) is 3.97. The molecule has 0 rings (SSSR count). The quantitative estimate of drug-likeness (QED) is 0.297. The third kappa shape index (κ3) is 95.3. The van der Waals surface area contributed by atoms with Crippen LogP contribution in [0.15, 0.2) is 0 Å². The van der Waals surface area contributed by atoms with Crippen molar-refractivity contribution in [1.29, 1.82) is 0 Å². The molecule has 0 fully saturated rings. The van der Waals surface area contributed by atoms with Crippen molar-refractivity contribution in [3.8, 4) is 0 Å². The molecule has 0 amide bonds. The minimum absolute atomic E-state index is 0. The van der Waals surface area contributed by atoms with Gasteiger partial charge in [-0.25, -0.2) is 0 Å². The van der Waals surface area contributed by atoms with E-state index < -0.39 is 7.28 Å². The van der Waals surface area contributed by atoms with Gasteiger partial charge in [0.2, 0.25) is 0 Å². The summed E-state index contributed by atoms with van der Waals surface area (Å²) in [5.41, 5.74) is 0. The average molecular weight is 154 g/mol. The fraction of sp³-hybridized carbons (Fsp3) is 1.00. The molecular weight excluding hydrogens is 143 g/mol. The van der Waals surface area contributed by atoms with E-state index in [2.05, 4.69) is 0 Å². The van der Waals surface area contributed by atoms with Crippen LogP contribution >= 0.6 is 7.28 Å². The Morgan fingerprint density at radius 1 is 1.00 bits per heavy atom. The van der Waals surface area contributed by atoms with Crippen molar-refractivity contribution in [2.75, 3.05) is 13.3 Å². The molecular formula is C2H11CaO3P. The molecule has 0 spiro atoms. The topological polar surface area (TPSA) is 60.7 Å². The van der Waals surface area contributed by atoms with Crippen LogP contribution in [0.5, 0.6) is 0 Å². The van der Waals surface area contributed by atoms with Crippen molar-refractivity contribution in [2.45, 2.75) is 0 Å². The van der Waals surface area contributed by atoms with E-state index in [9.17, 15) is 0 Å². The minimum atomic E-state index is -4.05. The molecule has 44 valence electrons. The molecule has 0 aliphatic carbocycles. The normalized spacial score (nSPS) is 16.4. The summed E-state index contributed by atoms with van der Waals surface area (Å²) >= 11 is 0. The molecule has 7 heavy (non-hydrogen) atoms. The first-order valence-electron chi connectivity index (χ1n) is 1.49. The molecule has 0 unspecified atom stereocenters. The molecule has 0 heterocycles. The van der Waals surface area contributed by atoms with Gasteiger partial charge < -0.3 is 0 Å². The summed E-state index contributed by atoms with van der Waals surface area (Å²) in [6.07, 6.45) is 0. The summed E-state index contributed by atoms with van der Waals surface area (Å²) in [5.74, 6) is 0. The maximum absolute atomic E-state index is 8.23. The molecule has 0 aromatic rings. The molecule has 3 nitrogen and oxygen atoms in total. The van der Waals surface area contributed by atoms with Crippen molar-refractivity contribution < 1.29 is 14.7 Å². The molecule has 0 atom stereocenters. The van der Waals surface area contributed by atoms with E-state index >= 15 is 0 Å². The molecule has 0 saturated carbocycles. The van der Waals surface area contributed by atoms with Crippen molar-refractivity contribution in [3.05, 3.63) is 0 Å². The van der Waals surface area contributed by atoms with Crippen molar-refractivity contribution >= 4 is 45.0 Å². The Morgan fingerprint density at radius 3 is 1.00 bits per heavy atom. The Morgan fingerprint density at radius 2 is 1.00 bits per heavy atom. The maximum atomic E-state index is 8.23. The van der Waals surface area contributed by atoms with Gasteiger partial charge in [0, 0.05) is 0 Å². The van der Waals surface area contributed by atoms with E-state index in [0.29, 0.717) is 0 Å². The summed E-state index contributed by atoms with van der Waals surface area (Å²) in [7, 11) is -4.05. The van der Waals surface area contributed by atoms with E-state index in [0.717, 1.165) is 13.3 Å². The standard InChI is InChI=1S/C2H9O3P.Ca.2H/c1-6(2,3,4)5;;;/h3-5H,1-2H3;;;. The van der Waals surface area contributed by atoms with E-state index in [1.165, 1.54) is 0 Å². The molecule has 5 heteroatoms. The number of hydrogen-bond donors (Lipinski definition) is 3. The van der Waals surface area contributed by atoms with Gasteiger partial charge in [-0.2, -0.15) is 0 Å². The van der Waals surface area contributed by atoms with Gasteiger partial charge in [0.25, 0.3) is 0 Å². The second-order valence-corrected chi connectivity index (χ2v) is 5.75. The van der Waals surface area contributed by atoms with Crippen LogP contribution in [0.3, 0.4) is 0 Å². The third-order valence-corrected chi connectivity index (χ3v) is 0. The first kappa shape index (κ1) is 11.4. The van der Waals surface area contributed by atoms with Crippen LogP contribution in [-0.2, 0) is 0 Å². The second-order valence-electron chi connectivity index (χ2n) is 1.92. The third-order valence-electron chi connectivity index (χ3n) is 0. The predicted octanol–water partition coefficient (Wildman–Crippen LogP) is -1.40. The van der Waals surface area contributed by atoms with Crippen molar-refractivity contribution in [2.24, 2.45) is 0 Å². The van der Waals surface area contributed by atoms with Crippen LogP contribution in [0.2, 0.25) is 0 Å². The average Bonchev–Trinajstić information content (AvgIpc) is 0.650. The fourth-order valence-corrected chi connectivity index (χ4v) is 0. The Balaban J connectivity index is 0. The van der Waals surface area contributed by atoms with Gasteiger partial charge in [0.15, 0.2) is 0 Å². The van der Waals surface area contributed by atoms with Gasteiger partial charge in [-0.05, 0) is 0 Å².